The molecule has 0 aliphatic heterocycles. The number of hydrogen-bond acceptors (Lipinski definition) is 4. The molecule has 0 spiro atoms. The minimum Gasteiger partial charge on any atom is -0.480 e. The van der Waals surface area contributed by atoms with Gasteiger partial charge in [-0.1, -0.05) is 25.0 Å². The highest BCUT2D eigenvalue weighted by Crippen LogP contribution is 2.31. The van der Waals surface area contributed by atoms with Crippen molar-refractivity contribution in [3.8, 4) is 0 Å². The summed E-state index contributed by atoms with van der Waals surface area (Å²) in [5, 5.41) is 16.9. The molecule has 0 amide bonds. The largest absolute Gasteiger partial charge is 0.480 e. The van der Waals surface area contributed by atoms with E-state index >= 15 is 0 Å². The first-order valence-corrected chi connectivity index (χ1v) is 6.45. The van der Waals surface area contributed by atoms with Gasteiger partial charge in [-0.15, -0.1) is 5.10 Å². The van der Waals surface area contributed by atoms with Crippen molar-refractivity contribution in [2.24, 2.45) is 11.7 Å². The lowest BCUT2D eigenvalue weighted by molar-refractivity contribution is -0.138. The second kappa shape index (κ2) is 5.48. The van der Waals surface area contributed by atoms with Crippen molar-refractivity contribution >= 4 is 5.97 Å². The summed E-state index contributed by atoms with van der Waals surface area (Å²) in [4.78, 5) is 10.7. The maximum absolute atomic E-state index is 10.7. The number of carboxylic acids is 1. The summed E-state index contributed by atoms with van der Waals surface area (Å²) < 4.78 is 1.87. The normalized spacial score (nSPS) is 25.9. The molecule has 1 aliphatic carbocycles. The van der Waals surface area contributed by atoms with Crippen molar-refractivity contribution in [1.29, 1.82) is 0 Å². The van der Waals surface area contributed by atoms with Crippen LogP contribution in [0.1, 0.15) is 44.3 Å². The average Bonchev–Trinajstić information content (AvgIpc) is 2.77. The Labute approximate surface area is 106 Å². The lowest BCUT2D eigenvalue weighted by atomic mass is 9.87. The molecule has 0 saturated heterocycles. The molecule has 18 heavy (non-hydrogen) atoms. The SMILES string of the molecule is CC1CCCC(n2cc(CC(N)C(=O)O)nn2)C1. The summed E-state index contributed by atoms with van der Waals surface area (Å²) >= 11 is 0. The summed E-state index contributed by atoms with van der Waals surface area (Å²) in [6, 6.07) is -0.503. The van der Waals surface area contributed by atoms with Crippen molar-refractivity contribution in [3.63, 3.8) is 0 Å². The molecule has 1 saturated carbocycles. The fraction of sp³-hybridized carbons (Fsp3) is 0.750. The van der Waals surface area contributed by atoms with Crippen molar-refractivity contribution in [2.75, 3.05) is 0 Å². The van der Waals surface area contributed by atoms with E-state index in [2.05, 4.69) is 17.2 Å². The molecule has 1 aromatic heterocycles. The first-order chi connectivity index (χ1) is 8.56. The van der Waals surface area contributed by atoms with Gasteiger partial charge in [0.25, 0.3) is 0 Å². The topological polar surface area (TPSA) is 94.0 Å². The molecule has 0 aromatic carbocycles. The Kier molecular flexibility index (Phi) is 3.96. The van der Waals surface area contributed by atoms with Crippen LogP contribution in [-0.4, -0.2) is 32.1 Å². The molecule has 0 radical (unpaired) electrons. The number of carboxylic acid groups (broad SMARTS) is 1. The lowest BCUT2D eigenvalue weighted by Crippen LogP contribution is -2.32. The maximum Gasteiger partial charge on any atom is 0.320 e. The minimum absolute atomic E-state index is 0.234. The first kappa shape index (κ1) is 13.0. The fourth-order valence-electron chi connectivity index (χ4n) is 2.54. The van der Waals surface area contributed by atoms with E-state index in [1.54, 1.807) is 0 Å². The van der Waals surface area contributed by atoms with Gasteiger partial charge in [0.1, 0.15) is 6.04 Å². The van der Waals surface area contributed by atoms with Gasteiger partial charge in [-0.25, -0.2) is 4.68 Å². The summed E-state index contributed by atoms with van der Waals surface area (Å²) in [5.41, 5.74) is 6.14. The number of nitrogens with zero attached hydrogens (tertiary/aromatic N) is 3. The van der Waals surface area contributed by atoms with Gasteiger partial charge in [0.15, 0.2) is 0 Å². The zero-order valence-electron chi connectivity index (χ0n) is 10.6. The van der Waals surface area contributed by atoms with E-state index in [1.165, 1.54) is 12.8 Å². The summed E-state index contributed by atoms with van der Waals surface area (Å²) in [5.74, 6) is -0.284. The Morgan fingerprint density at radius 3 is 3.11 bits per heavy atom. The number of aliphatic carboxylic acids is 1. The molecule has 6 heteroatoms. The van der Waals surface area contributed by atoms with Crippen LogP contribution in [0.5, 0.6) is 0 Å². The minimum atomic E-state index is -1.00. The molecule has 100 valence electrons. The molecule has 3 atom stereocenters. The Balaban J connectivity index is 1.99. The monoisotopic (exact) mass is 252 g/mol. The molecule has 1 heterocycles. The number of carbonyl (C=O) groups is 1. The van der Waals surface area contributed by atoms with Gasteiger partial charge < -0.3 is 10.8 Å². The number of nitrogens with two attached hydrogens (primary N) is 1. The number of hydrogen-bond donors (Lipinski definition) is 2. The molecule has 1 aliphatic rings. The van der Waals surface area contributed by atoms with E-state index in [9.17, 15) is 4.79 Å². The average molecular weight is 252 g/mol. The first-order valence-electron chi connectivity index (χ1n) is 6.45. The van der Waals surface area contributed by atoms with Gasteiger partial charge in [0.2, 0.25) is 0 Å². The third-order valence-corrected chi connectivity index (χ3v) is 3.59. The van der Waals surface area contributed by atoms with Gasteiger partial charge in [-0.05, 0) is 18.8 Å². The van der Waals surface area contributed by atoms with Crippen molar-refractivity contribution in [3.05, 3.63) is 11.9 Å². The lowest BCUT2D eigenvalue weighted by Gasteiger charge is -2.26. The van der Waals surface area contributed by atoms with Crippen LogP contribution >= 0.6 is 0 Å². The van der Waals surface area contributed by atoms with Gasteiger partial charge in [0, 0.05) is 12.6 Å². The maximum atomic E-state index is 10.7. The van der Waals surface area contributed by atoms with E-state index in [0.717, 1.165) is 18.8 Å². The Bertz CT molecular complexity index is 418. The molecule has 6 nitrogen and oxygen atoms in total. The standard InChI is InChI=1S/C12H20N4O2/c1-8-3-2-4-10(5-8)16-7-9(14-15-16)6-11(13)12(17)18/h7-8,10-11H,2-6,13H2,1H3,(H,17,18). The van der Waals surface area contributed by atoms with E-state index in [-0.39, 0.29) is 6.42 Å². The van der Waals surface area contributed by atoms with Crippen LogP contribution in [0.2, 0.25) is 0 Å². The van der Waals surface area contributed by atoms with Gasteiger partial charge in [0.05, 0.1) is 11.7 Å². The summed E-state index contributed by atoms with van der Waals surface area (Å²) in [6.07, 6.45) is 6.81. The highest BCUT2D eigenvalue weighted by atomic mass is 16.4. The quantitative estimate of drug-likeness (QED) is 0.833. The highest BCUT2D eigenvalue weighted by Gasteiger charge is 2.22. The molecular weight excluding hydrogens is 232 g/mol. The van der Waals surface area contributed by atoms with E-state index in [4.69, 9.17) is 10.8 Å². The predicted octanol–water partition coefficient (Wildman–Crippen LogP) is 0.984. The second-order valence-corrected chi connectivity index (χ2v) is 5.26. The molecule has 0 bridgehead atoms. The third kappa shape index (κ3) is 3.07. The summed E-state index contributed by atoms with van der Waals surface area (Å²) in [6.45, 7) is 2.25. The van der Waals surface area contributed by atoms with Crippen LogP contribution in [0.25, 0.3) is 0 Å². The molecule has 3 unspecified atom stereocenters. The van der Waals surface area contributed by atoms with Crippen LogP contribution in [0.15, 0.2) is 6.20 Å². The zero-order valence-corrected chi connectivity index (χ0v) is 10.6. The number of aromatic nitrogens is 3. The molecule has 1 aromatic rings. The molecule has 2 rings (SSSR count). The Morgan fingerprint density at radius 1 is 1.67 bits per heavy atom. The van der Waals surface area contributed by atoms with Crippen LogP contribution in [0, 0.1) is 5.92 Å². The van der Waals surface area contributed by atoms with Gasteiger partial charge in [-0.2, -0.15) is 0 Å². The van der Waals surface area contributed by atoms with Crippen molar-refractivity contribution in [2.45, 2.75) is 51.1 Å². The van der Waals surface area contributed by atoms with Crippen LogP contribution in [0.4, 0.5) is 0 Å². The van der Waals surface area contributed by atoms with Crippen molar-refractivity contribution < 1.29 is 9.90 Å². The van der Waals surface area contributed by atoms with Gasteiger partial charge in [-0.3, -0.25) is 4.79 Å². The van der Waals surface area contributed by atoms with E-state index in [1.807, 2.05) is 10.9 Å². The molecular formula is C12H20N4O2. The van der Waals surface area contributed by atoms with Crippen LogP contribution < -0.4 is 5.73 Å². The van der Waals surface area contributed by atoms with Crippen molar-refractivity contribution in [1.82, 2.24) is 15.0 Å². The second-order valence-electron chi connectivity index (χ2n) is 5.26. The van der Waals surface area contributed by atoms with Gasteiger partial charge >= 0.3 is 5.97 Å². The molecule has 1 fully saturated rings. The van der Waals surface area contributed by atoms with Crippen LogP contribution in [0.3, 0.4) is 0 Å². The highest BCUT2D eigenvalue weighted by molar-refractivity contribution is 5.73. The Hall–Kier alpha value is -1.43. The van der Waals surface area contributed by atoms with E-state index < -0.39 is 12.0 Å². The molecule has 3 N–H and O–H groups in total. The zero-order chi connectivity index (χ0) is 13.1. The summed E-state index contributed by atoms with van der Waals surface area (Å²) in [7, 11) is 0. The van der Waals surface area contributed by atoms with E-state index in [0.29, 0.717) is 11.7 Å². The van der Waals surface area contributed by atoms with Crippen LogP contribution in [-0.2, 0) is 11.2 Å². The Morgan fingerprint density at radius 2 is 2.44 bits per heavy atom. The smallest absolute Gasteiger partial charge is 0.320 e. The fourth-order valence-corrected chi connectivity index (χ4v) is 2.54. The third-order valence-electron chi connectivity index (χ3n) is 3.59. The number of rotatable bonds is 4. The predicted molar refractivity (Wildman–Crippen MR) is 66.0 cm³/mol.